The smallest absolute Gasteiger partial charge is 0.229 e. The van der Waals surface area contributed by atoms with Crippen LogP contribution in [0.15, 0.2) is 18.2 Å². The first kappa shape index (κ1) is 17.6. The monoisotopic (exact) mass is 328 g/mol. The maximum atomic E-state index is 11.2. The Morgan fingerprint density at radius 1 is 1.17 bits per heavy atom. The number of rotatable bonds is 5. The van der Waals surface area contributed by atoms with Crippen LogP contribution in [0.2, 0.25) is 0 Å². The molecule has 8 heteroatoms. The third-order valence-electron chi connectivity index (χ3n) is 3.50. The first-order valence-electron chi connectivity index (χ1n) is 7.11. The molecule has 0 bridgehead atoms. The van der Waals surface area contributed by atoms with Crippen LogP contribution in [-0.4, -0.2) is 68.6 Å². The zero-order valence-corrected chi connectivity index (χ0v) is 12.5. The summed E-state index contributed by atoms with van der Waals surface area (Å²) in [7, 11) is 0. The van der Waals surface area contributed by atoms with E-state index in [9.17, 15) is 25.2 Å². The molecule has 1 saturated heterocycles. The van der Waals surface area contributed by atoms with Gasteiger partial charge in [0.1, 0.15) is 41.7 Å². The van der Waals surface area contributed by atoms with Gasteiger partial charge in [0.25, 0.3) is 0 Å². The van der Waals surface area contributed by atoms with E-state index in [1.54, 1.807) is 0 Å². The molecule has 1 aliphatic heterocycles. The normalized spacial score (nSPS) is 30.9. The number of ketones is 1. The highest BCUT2D eigenvalue weighted by Gasteiger charge is 2.44. The summed E-state index contributed by atoms with van der Waals surface area (Å²) in [6.07, 6.45) is -6.93. The van der Waals surface area contributed by atoms with E-state index in [2.05, 4.69) is 0 Å². The Bertz CT molecular complexity index is 558. The fourth-order valence-corrected chi connectivity index (χ4v) is 2.40. The Balaban J connectivity index is 2.17. The average Bonchev–Trinajstić information content (AvgIpc) is 2.46. The fourth-order valence-electron chi connectivity index (χ4n) is 2.40. The van der Waals surface area contributed by atoms with Gasteiger partial charge in [-0.05, 0) is 24.6 Å². The highest BCUT2D eigenvalue weighted by Crippen LogP contribution is 2.27. The first-order valence-corrected chi connectivity index (χ1v) is 7.11. The Labute approximate surface area is 132 Å². The largest absolute Gasteiger partial charge is 0.508 e. The SMILES string of the molecule is CC(=O)Cc1cc(O)cc(O[C@@H]2O[C@H](CO)[C@@H](O)[C@H](O)[C@H]2O)c1. The van der Waals surface area contributed by atoms with Gasteiger partial charge in [-0.2, -0.15) is 0 Å². The van der Waals surface area contributed by atoms with Gasteiger partial charge in [0.05, 0.1) is 6.61 Å². The number of carbonyl (C=O) groups excluding carboxylic acids is 1. The van der Waals surface area contributed by atoms with Gasteiger partial charge in [0.2, 0.25) is 6.29 Å². The highest BCUT2D eigenvalue weighted by molar-refractivity contribution is 5.78. The Morgan fingerprint density at radius 3 is 2.48 bits per heavy atom. The Morgan fingerprint density at radius 2 is 1.87 bits per heavy atom. The summed E-state index contributed by atoms with van der Waals surface area (Å²) >= 11 is 0. The van der Waals surface area contributed by atoms with Crippen LogP contribution in [-0.2, 0) is 16.0 Å². The summed E-state index contributed by atoms with van der Waals surface area (Å²) < 4.78 is 10.6. The molecule has 1 fully saturated rings. The number of Topliss-reactive ketones (excluding diaryl/α,β-unsaturated/α-hetero) is 1. The predicted octanol–water partition coefficient (Wildman–Crippen LogP) is -1.30. The van der Waals surface area contributed by atoms with Crippen molar-refractivity contribution in [2.75, 3.05) is 6.61 Å². The molecule has 8 nitrogen and oxygen atoms in total. The van der Waals surface area contributed by atoms with Crippen molar-refractivity contribution in [3.05, 3.63) is 23.8 Å². The van der Waals surface area contributed by atoms with Gasteiger partial charge >= 0.3 is 0 Å². The van der Waals surface area contributed by atoms with Gasteiger partial charge in [-0.1, -0.05) is 0 Å². The number of aliphatic hydroxyl groups excluding tert-OH is 4. The molecule has 5 atom stereocenters. The van der Waals surface area contributed by atoms with Crippen molar-refractivity contribution in [1.29, 1.82) is 0 Å². The van der Waals surface area contributed by atoms with Crippen molar-refractivity contribution in [2.24, 2.45) is 0 Å². The van der Waals surface area contributed by atoms with Crippen molar-refractivity contribution in [1.82, 2.24) is 0 Å². The molecular formula is C15H20O8. The fraction of sp³-hybridized carbons (Fsp3) is 0.533. The van der Waals surface area contributed by atoms with Crippen molar-refractivity contribution in [2.45, 2.75) is 44.1 Å². The lowest BCUT2D eigenvalue weighted by Crippen LogP contribution is -2.60. The third kappa shape index (κ3) is 4.18. The molecule has 2 rings (SSSR count). The number of phenols is 1. The highest BCUT2D eigenvalue weighted by atomic mass is 16.7. The van der Waals surface area contributed by atoms with E-state index in [1.165, 1.54) is 25.1 Å². The second kappa shape index (κ2) is 7.24. The lowest BCUT2D eigenvalue weighted by molar-refractivity contribution is -0.277. The van der Waals surface area contributed by atoms with E-state index in [0.29, 0.717) is 5.56 Å². The molecule has 0 spiro atoms. The molecule has 0 saturated carbocycles. The molecule has 0 aromatic heterocycles. The molecular weight excluding hydrogens is 308 g/mol. The van der Waals surface area contributed by atoms with Crippen LogP contribution in [0.3, 0.4) is 0 Å². The Hall–Kier alpha value is -1.71. The molecule has 0 amide bonds. The zero-order chi connectivity index (χ0) is 17.1. The lowest BCUT2D eigenvalue weighted by Gasteiger charge is -2.39. The standard InChI is InChI=1S/C15H20O8/c1-7(17)2-8-3-9(18)5-10(4-8)22-15-14(21)13(20)12(19)11(6-16)23-15/h3-5,11-16,18-21H,2,6H2,1H3/t11-,12-,13+,14-,15-/m1/s1. The van der Waals surface area contributed by atoms with Crippen LogP contribution in [0.5, 0.6) is 11.5 Å². The van der Waals surface area contributed by atoms with Crippen molar-refractivity contribution >= 4 is 5.78 Å². The number of aliphatic hydroxyl groups is 4. The maximum absolute atomic E-state index is 11.2. The van der Waals surface area contributed by atoms with Crippen LogP contribution >= 0.6 is 0 Å². The van der Waals surface area contributed by atoms with Gasteiger partial charge in [-0.3, -0.25) is 4.79 Å². The van der Waals surface area contributed by atoms with Crippen LogP contribution in [0.4, 0.5) is 0 Å². The molecule has 0 radical (unpaired) electrons. The van der Waals surface area contributed by atoms with E-state index in [0.717, 1.165) is 0 Å². The summed E-state index contributed by atoms with van der Waals surface area (Å²) in [5.41, 5.74) is 0.511. The van der Waals surface area contributed by atoms with Gasteiger partial charge in [-0.15, -0.1) is 0 Å². The minimum Gasteiger partial charge on any atom is -0.508 e. The van der Waals surface area contributed by atoms with E-state index < -0.39 is 37.3 Å². The molecule has 1 aromatic carbocycles. The van der Waals surface area contributed by atoms with Crippen molar-refractivity contribution in [3.63, 3.8) is 0 Å². The number of phenolic OH excluding ortho intramolecular Hbond substituents is 1. The van der Waals surface area contributed by atoms with E-state index >= 15 is 0 Å². The topological polar surface area (TPSA) is 137 Å². The van der Waals surface area contributed by atoms with Crippen LogP contribution in [0.1, 0.15) is 12.5 Å². The van der Waals surface area contributed by atoms with Gasteiger partial charge in [0, 0.05) is 12.5 Å². The molecule has 1 heterocycles. The maximum Gasteiger partial charge on any atom is 0.229 e. The van der Waals surface area contributed by atoms with Gasteiger partial charge in [-0.25, -0.2) is 0 Å². The number of hydrogen-bond donors (Lipinski definition) is 5. The van der Waals surface area contributed by atoms with Crippen LogP contribution in [0.25, 0.3) is 0 Å². The first-order chi connectivity index (χ1) is 10.8. The van der Waals surface area contributed by atoms with Crippen molar-refractivity contribution in [3.8, 4) is 11.5 Å². The summed E-state index contributed by atoms with van der Waals surface area (Å²) in [4.78, 5) is 11.2. The minimum atomic E-state index is -1.56. The summed E-state index contributed by atoms with van der Waals surface area (Å²) in [5, 5.41) is 48.1. The summed E-state index contributed by atoms with van der Waals surface area (Å²) in [6.45, 7) is 0.836. The predicted molar refractivity (Wildman–Crippen MR) is 76.9 cm³/mol. The van der Waals surface area contributed by atoms with Gasteiger partial charge < -0.3 is 35.0 Å². The second-order valence-electron chi connectivity index (χ2n) is 5.53. The molecule has 128 valence electrons. The molecule has 0 aliphatic carbocycles. The average molecular weight is 328 g/mol. The number of aromatic hydroxyl groups is 1. The number of benzene rings is 1. The van der Waals surface area contributed by atoms with Crippen molar-refractivity contribution < 1.29 is 39.8 Å². The Kier molecular flexibility index (Phi) is 5.55. The minimum absolute atomic E-state index is 0.0967. The van der Waals surface area contributed by atoms with Gasteiger partial charge in [0.15, 0.2) is 0 Å². The van der Waals surface area contributed by atoms with Crippen LogP contribution in [0, 0.1) is 0 Å². The number of ether oxygens (including phenoxy) is 2. The van der Waals surface area contributed by atoms with E-state index in [4.69, 9.17) is 14.6 Å². The zero-order valence-electron chi connectivity index (χ0n) is 12.5. The summed E-state index contributed by atoms with van der Waals surface area (Å²) in [5.74, 6) is -0.122. The second-order valence-corrected chi connectivity index (χ2v) is 5.53. The quantitative estimate of drug-likeness (QED) is 0.450. The molecule has 1 aliphatic rings. The number of hydrogen-bond acceptors (Lipinski definition) is 8. The molecule has 1 aromatic rings. The lowest BCUT2D eigenvalue weighted by atomic mass is 9.99. The number of carbonyl (C=O) groups is 1. The molecule has 23 heavy (non-hydrogen) atoms. The molecule has 0 unspecified atom stereocenters. The van der Waals surface area contributed by atoms with E-state index in [1.807, 2.05) is 0 Å². The van der Waals surface area contributed by atoms with Crippen LogP contribution < -0.4 is 4.74 Å². The third-order valence-corrected chi connectivity index (χ3v) is 3.50. The molecule has 5 N–H and O–H groups in total. The summed E-state index contributed by atoms with van der Waals surface area (Å²) in [6, 6.07) is 4.15. The van der Waals surface area contributed by atoms with E-state index in [-0.39, 0.29) is 23.7 Å².